The summed E-state index contributed by atoms with van der Waals surface area (Å²) in [5.41, 5.74) is 16.3. The Morgan fingerprint density at radius 1 is 0.537 bits per heavy atom. The van der Waals surface area contributed by atoms with Crippen molar-refractivity contribution in [3.63, 3.8) is 0 Å². The predicted molar refractivity (Wildman–Crippen MR) is 290 cm³/mol. The molecule has 67 heavy (non-hydrogen) atoms. The van der Waals surface area contributed by atoms with Crippen molar-refractivity contribution in [3.05, 3.63) is 141 Å². The molecule has 5 aromatic rings. The molecular weight excluding hydrogens is 821 g/mol. The fourth-order valence-electron chi connectivity index (χ4n) is 8.59. The van der Waals surface area contributed by atoms with Crippen LogP contribution in [0.5, 0.6) is 23.0 Å². The van der Waals surface area contributed by atoms with Crippen LogP contribution < -0.4 is 9.47 Å². The number of allylic oxidation sites excluding steroid dienone is 4. The topological polar surface area (TPSA) is 58.9 Å². The number of benzene rings is 5. The average molecular weight is 907 g/mol. The second-order valence-electron chi connectivity index (χ2n) is 22.5. The minimum atomic E-state index is -0.0553. The van der Waals surface area contributed by atoms with E-state index in [0.29, 0.717) is 25.6 Å². The van der Waals surface area contributed by atoms with Crippen molar-refractivity contribution < 1.29 is 19.7 Å². The Hall–Kier alpha value is -5.22. The molecule has 1 atom stereocenters. The Kier molecular flexibility index (Phi) is 18.1. The number of aryl methyl sites for hydroxylation is 6. The summed E-state index contributed by atoms with van der Waals surface area (Å²) >= 11 is 0. The van der Waals surface area contributed by atoms with E-state index in [1.165, 1.54) is 16.7 Å². The molecule has 4 heteroatoms. The summed E-state index contributed by atoms with van der Waals surface area (Å²) in [5.74, 6) is 2.49. The number of aromatic hydroxyl groups is 2. The molecule has 0 aliphatic heterocycles. The van der Waals surface area contributed by atoms with Gasteiger partial charge in [0.25, 0.3) is 0 Å². The van der Waals surface area contributed by atoms with Crippen molar-refractivity contribution in [2.75, 3.05) is 13.2 Å². The van der Waals surface area contributed by atoms with E-state index in [2.05, 4.69) is 210 Å². The normalized spacial score (nSPS) is 12.9. The van der Waals surface area contributed by atoms with Crippen LogP contribution in [0.4, 0.5) is 0 Å². The van der Waals surface area contributed by atoms with Crippen LogP contribution in [-0.2, 0) is 10.8 Å². The van der Waals surface area contributed by atoms with Crippen molar-refractivity contribution >= 4 is 0 Å². The molecule has 0 bridgehead atoms. The molecule has 4 nitrogen and oxygen atoms in total. The van der Waals surface area contributed by atoms with Gasteiger partial charge in [-0.1, -0.05) is 152 Å². The molecular formula is C63H86O4. The lowest BCUT2D eigenvalue weighted by Gasteiger charge is -2.27. The first-order valence-electron chi connectivity index (χ1n) is 24.8. The first-order chi connectivity index (χ1) is 31.1. The van der Waals surface area contributed by atoms with Gasteiger partial charge < -0.3 is 19.7 Å². The Balaban J connectivity index is 0.00000483. The fraction of sp³-hybridized carbons (Fsp3) is 0.460. The first kappa shape index (κ1) is 54.4. The Bertz CT molecular complexity index is 2530. The molecule has 0 saturated carbocycles. The molecule has 0 spiro atoms. The highest BCUT2D eigenvalue weighted by molar-refractivity contribution is 5.86. The van der Waals surface area contributed by atoms with Gasteiger partial charge in [-0.2, -0.15) is 0 Å². The molecule has 5 aromatic carbocycles. The van der Waals surface area contributed by atoms with Gasteiger partial charge in [0.15, 0.2) is 0 Å². The fourth-order valence-corrected chi connectivity index (χ4v) is 8.59. The van der Waals surface area contributed by atoms with E-state index in [4.69, 9.17) is 9.47 Å². The monoisotopic (exact) mass is 907 g/mol. The van der Waals surface area contributed by atoms with Crippen LogP contribution in [0.25, 0.3) is 33.4 Å². The summed E-state index contributed by atoms with van der Waals surface area (Å²) < 4.78 is 13.3. The second-order valence-corrected chi connectivity index (χ2v) is 22.5. The van der Waals surface area contributed by atoms with Crippen molar-refractivity contribution in [2.45, 2.75) is 168 Å². The summed E-state index contributed by atoms with van der Waals surface area (Å²) in [5, 5.41) is 24.2. The first-order valence-corrected chi connectivity index (χ1v) is 24.8. The van der Waals surface area contributed by atoms with E-state index < -0.39 is 0 Å². The van der Waals surface area contributed by atoms with Gasteiger partial charge >= 0.3 is 0 Å². The smallest absolute Gasteiger partial charge is 0.131 e. The minimum Gasteiger partial charge on any atom is -0.507 e. The van der Waals surface area contributed by atoms with Crippen LogP contribution in [-0.4, -0.2) is 23.4 Å². The number of hydrogen-bond donors (Lipinski definition) is 2. The maximum Gasteiger partial charge on any atom is 0.131 e. The van der Waals surface area contributed by atoms with Gasteiger partial charge in [-0.15, -0.1) is 0 Å². The molecule has 2 N–H and O–H groups in total. The summed E-state index contributed by atoms with van der Waals surface area (Å²) in [4.78, 5) is 0. The lowest BCUT2D eigenvalue weighted by atomic mass is 9.78. The highest BCUT2D eigenvalue weighted by Gasteiger charge is 2.25. The van der Waals surface area contributed by atoms with Crippen LogP contribution >= 0.6 is 0 Å². The number of phenolic OH excluding ortho intramolecular Hbond substituents is 2. The number of ether oxygens (including phenoxy) is 2. The third kappa shape index (κ3) is 14.2. The van der Waals surface area contributed by atoms with Crippen molar-refractivity contribution in [2.24, 2.45) is 11.3 Å². The average Bonchev–Trinajstić information content (AvgIpc) is 3.22. The molecule has 0 fully saturated rings. The molecule has 362 valence electrons. The van der Waals surface area contributed by atoms with Crippen molar-refractivity contribution in [1.29, 1.82) is 0 Å². The van der Waals surface area contributed by atoms with Gasteiger partial charge in [0.1, 0.15) is 23.0 Å². The van der Waals surface area contributed by atoms with Crippen molar-refractivity contribution in [3.8, 4) is 56.4 Å². The Labute approximate surface area is 407 Å². The number of rotatable bonds is 14. The van der Waals surface area contributed by atoms with Gasteiger partial charge in [-0.3, -0.25) is 0 Å². The summed E-state index contributed by atoms with van der Waals surface area (Å²) in [6, 6.07) is 23.7. The van der Waals surface area contributed by atoms with Gasteiger partial charge in [-0.25, -0.2) is 0 Å². The van der Waals surface area contributed by atoms with Gasteiger partial charge in [0, 0.05) is 45.7 Å². The van der Waals surface area contributed by atoms with Gasteiger partial charge in [0.2, 0.25) is 0 Å². The zero-order valence-corrected chi connectivity index (χ0v) is 45.3. The lowest BCUT2D eigenvalue weighted by Crippen LogP contribution is -2.16. The van der Waals surface area contributed by atoms with E-state index in [1.54, 1.807) is 0 Å². The number of phenols is 2. The molecule has 5 rings (SSSR count). The highest BCUT2D eigenvalue weighted by atomic mass is 16.5. The van der Waals surface area contributed by atoms with Crippen LogP contribution in [0.3, 0.4) is 0 Å². The molecule has 0 saturated heterocycles. The minimum absolute atomic E-state index is 0.00210. The van der Waals surface area contributed by atoms with E-state index in [1.807, 2.05) is 13.8 Å². The quantitative estimate of drug-likeness (QED) is 0.0861. The highest BCUT2D eigenvalue weighted by Crippen LogP contribution is 2.47. The molecule has 0 aliphatic rings. The summed E-state index contributed by atoms with van der Waals surface area (Å²) in [6.07, 6.45) is 8.47. The maximum absolute atomic E-state index is 12.2. The molecule has 0 heterocycles. The van der Waals surface area contributed by atoms with E-state index in [9.17, 15) is 10.2 Å². The molecule has 1 unspecified atom stereocenters. The molecule has 0 amide bonds. The van der Waals surface area contributed by atoms with Gasteiger partial charge in [-0.05, 0) is 156 Å². The van der Waals surface area contributed by atoms with Gasteiger partial charge in [0.05, 0.1) is 13.2 Å². The molecule has 0 aromatic heterocycles. The van der Waals surface area contributed by atoms with E-state index >= 15 is 0 Å². The van der Waals surface area contributed by atoms with Crippen molar-refractivity contribution in [1.82, 2.24) is 0 Å². The molecule has 0 aliphatic carbocycles. The predicted octanol–water partition coefficient (Wildman–Crippen LogP) is 18.1. The zero-order chi connectivity index (χ0) is 50.3. The Morgan fingerprint density at radius 2 is 0.955 bits per heavy atom. The lowest BCUT2D eigenvalue weighted by molar-refractivity contribution is 0.247. The third-order valence-corrected chi connectivity index (χ3v) is 12.4. The van der Waals surface area contributed by atoms with E-state index in [0.717, 1.165) is 90.2 Å². The largest absolute Gasteiger partial charge is 0.507 e. The van der Waals surface area contributed by atoms with Crippen LogP contribution in [0, 0.1) is 52.9 Å². The maximum atomic E-state index is 12.2. The number of hydrogen-bond acceptors (Lipinski definition) is 4. The van der Waals surface area contributed by atoms with Crippen LogP contribution in [0.1, 0.15) is 166 Å². The van der Waals surface area contributed by atoms with Crippen LogP contribution in [0.2, 0.25) is 0 Å². The van der Waals surface area contributed by atoms with Crippen LogP contribution in [0.15, 0.2) is 90.5 Å². The molecule has 0 radical (unpaired) electrons. The zero-order valence-electron chi connectivity index (χ0n) is 45.3. The second kappa shape index (κ2) is 22.3. The summed E-state index contributed by atoms with van der Waals surface area (Å²) in [7, 11) is 0. The van der Waals surface area contributed by atoms with E-state index in [-0.39, 0.29) is 33.7 Å². The SMILES string of the molecule is CC.Cc1cc(-c2cc(C(C)(C)C)cc(C(C)(C)C)c2)c(O)c(-c2cc(C)cc(C)c2OCCCOc2c(C)cc(C)cc2-c2cc(C)cc(C(C)/C=C\C(=C/CC(C)(C)C)C(C)C)c2O)c1. The summed E-state index contributed by atoms with van der Waals surface area (Å²) in [6.45, 7) is 44.3. The standard InChI is InChI=1S/C61H80O4.C2H6/c1-37(2)45(22-23-59(10,11)12)21-20-42(7)49-28-40(5)30-51(55(49)62)53-32-38(3)26-43(8)57(53)64-24-19-25-65-58-44(9)27-39(4)33-54(58)52-31-41(6)29-50(56(52)63)46-34-47(60(13,14)15)36-48(35-46)61(16,17)18;1-2/h20-22,26-37,42,62-63H,19,23-25H2,1-18H3;1-2H3/b21-20-,45-22+;. The third-order valence-electron chi connectivity index (χ3n) is 12.4. The Morgan fingerprint density at radius 3 is 1.40 bits per heavy atom.